The zero-order chi connectivity index (χ0) is 12.1. The van der Waals surface area contributed by atoms with Gasteiger partial charge < -0.3 is 34.6 Å². The van der Waals surface area contributed by atoms with E-state index >= 15 is 0 Å². The number of hydrogen-bond acceptors (Lipinski definition) is 7. The maximum Gasteiger partial charge on any atom is 0.147 e. The molecule has 5 atom stereocenters. The zero-order valence-electron chi connectivity index (χ0n) is 9.02. The van der Waals surface area contributed by atoms with Crippen molar-refractivity contribution < 1.29 is 34.6 Å². The van der Waals surface area contributed by atoms with Gasteiger partial charge in [0.25, 0.3) is 0 Å². The third kappa shape index (κ3) is 3.11. The first-order chi connectivity index (χ1) is 7.61. The minimum Gasteiger partial charge on any atom is -0.394 e. The van der Waals surface area contributed by atoms with Crippen molar-refractivity contribution in [1.82, 2.24) is 0 Å². The molecule has 7 nitrogen and oxygen atoms in total. The first-order valence-electron chi connectivity index (χ1n) is 4.99. The van der Waals surface area contributed by atoms with Crippen molar-refractivity contribution in [1.29, 1.82) is 0 Å². The van der Waals surface area contributed by atoms with Crippen LogP contribution in [0.2, 0.25) is 0 Å². The minimum absolute atomic E-state index is 0.0710. The number of methoxy groups -OCH3 is 1. The Morgan fingerprint density at radius 2 is 2.06 bits per heavy atom. The first kappa shape index (κ1) is 13.8. The van der Waals surface area contributed by atoms with Crippen molar-refractivity contribution in [2.45, 2.75) is 30.5 Å². The van der Waals surface area contributed by atoms with Gasteiger partial charge in [-0.25, -0.2) is 0 Å². The second-order valence-corrected chi connectivity index (χ2v) is 3.64. The van der Waals surface area contributed by atoms with Gasteiger partial charge in [0, 0.05) is 7.11 Å². The van der Waals surface area contributed by atoms with Gasteiger partial charge in [0.05, 0.1) is 13.2 Å². The lowest BCUT2D eigenvalue weighted by molar-refractivity contribution is -0.266. The maximum atomic E-state index is 9.71. The van der Waals surface area contributed by atoms with Gasteiger partial charge in [0.15, 0.2) is 0 Å². The van der Waals surface area contributed by atoms with E-state index in [0.717, 1.165) is 0 Å². The number of ether oxygens (including phenoxy) is 3. The molecule has 0 aromatic rings. The van der Waals surface area contributed by atoms with Gasteiger partial charge in [0.1, 0.15) is 37.3 Å². The summed E-state index contributed by atoms with van der Waals surface area (Å²) in [6.07, 6.45) is -5.48. The van der Waals surface area contributed by atoms with E-state index in [1.165, 1.54) is 7.11 Å². The van der Waals surface area contributed by atoms with Crippen LogP contribution in [0.25, 0.3) is 0 Å². The van der Waals surface area contributed by atoms with Crippen LogP contribution < -0.4 is 0 Å². The van der Waals surface area contributed by atoms with E-state index in [9.17, 15) is 15.3 Å². The summed E-state index contributed by atoms with van der Waals surface area (Å²) in [6.45, 7) is -0.601. The predicted molar refractivity (Wildman–Crippen MR) is 51.6 cm³/mol. The summed E-state index contributed by atoms with van der Waals surface area (Å²) in [7, 11) is 1.38. The lowest BCUT2D eigenvalue weighted by Gasteiger charge is -2.37. The molecule has 7 heteroatoms. The van der Waals surface area contributed by atoms with Crippen LogP contribution in [0, 0.1) is 0 Å². The van der Waals surface area contributed by atoms with Crippen LogP contribution in [0.1, 0.15) is 0 Å². The van der Waals surface area contributed by atoms with Gasteiger partial charge >= 0.3 is 0 Å². The van der Waals surface area contributed by atoms with Gasteiger partial charge in [-0.2, -0.15) is 0 Å². The third-order valence-corrected chi connectivity index (χ3v) is 2.51. The van der Waals surface area contributed by atoms with E-state index in [1.807, 2.05) is 0 Å². The number of hydrogen-bond donors (Lipinski definition) is 4. The Kier molecular flexibility index (Phi) is 5.56. The van der Waals surface area contributed by atoms with Crippen LogP contribution in [0.3, 0.4) is 0 Å². The van der Waals surface area contributed by atoms with Gasteiger partial charge in [-0.15, -0.1) is 0 Å². The van der Waals surface area contributed by atoms with Crippen LogP contribution >= 0.6 is 0 Å². The molecule has 4 N–H and O–H groups in total. The summed E-state index contributed by atoms with van der Waals surface area (Å²) in [5.41, 5.74) is 0. The molecule has 16 heavy (non-hydrogen) atoms. The van der Waals surface area contributed by atoms with E-state index in [1.54, 1.807) is 0 Å². The molecular weight excluding hydrogens is 220 g/mol. The summed E-state index contributed by atoms with van der Waals surface area (Å²) in [5, 5.41) is 37.8. The fourth-order valence-electron chi connectivity index (χ4n) is 1.56. The van der Waals surface area contributed by atoms with E-state index in [2.05, 4.69) is 4.74 Å². The average Bonchev–Trinajstić information content (AvgIpc) is 2.29. The molecule has 0 aromatic heterocycles. The highest BCUT2D eigenvalue weighted by Crippen LogP contribution is 2.19. The molecule has 0 saturated carbocycles. The molecule has 0 spiro atoms. The number of rotatable bonds is 5. The smallest absolute Gasteiger partial charge is 0.147 e. The molecule has 0 amide bonds. The normalized spacial score (nSPS) is 34.7. The highest BCUT2D eigenvalue weighted by molar-refractivity contribution is 4.88. The molecule has 5 unspecified atom stereocenters. The van der Waals surface area contributed by atoms with Gasteiger partial charge in [-0.05, 0) is 0 Å². The second kappa shape index (κ2) is 6.45. The predicted octanol–water partition coefficient (Wildman–Crippen LogP) is -2.55. The van der Waals surface area contributed by atoms with E-state index in [-0.39, 0.29) is 20.0 Å². The summed E-state index contributed by atoms with van der Waals surface area (Å²) >= 11 is 0. The minimum atomic E-state index is -1.30. The molecule has 0 aromatic carbocycles. The second-order valence-electron chi connectivity index (χ2n) is 3.64. The topological polar surface area (TPSA) is 109 Å². The van der Waals surface area contributed by atoms with E-state index in [4.69, 9.17) is 14.6 Å². The fourth-order valence-corrected chi connectivity index (χ4v) is 1.56. The Hall–Kier alpha value is -0.280. The largest absolute Gasteiger partial charge is 0.394 e. The van der Waals surface area contributed by atoms with Crippen molar-refractivity contribution in [3.05, 3.63) is 0 Å². The van der Waals surface area contributed by atoms with Gasteiger partial charge in [-0.3, -0.25) is 0 Å². The Balaban J connectivity index is 2.56. The summed E-state index contributed by atoms with van der Waals surface area (Å²) < 4.78 is 14.6. The Morgan fingerprint density at radius 1 is 1.38 bits per heavy atom. The van der Waals surface area contributed by atoms with Crippen molar-refractivity contribution in [2.75, 3.05) is 27.1 Å². The SMILES string of the molecule is COCC(O)C(O)C1OCOC(CO)C1O. The fraction of sp³-hybridized carbons (Fsp3) is 1.00. The monoisotopic (exact) mass is 238 g/mol. The van der Waals surface area contributed by atoms with E-state index in [0.29, 0.717) is 0 Å². The molecule has 96 valence electrons. The van der Waals surface area contributed by atoms with Gasteiger partial charge in [0.2, 0.25) is 0 Å². The van der Waals surface area contributed by atoms with Crippen LogP contribution in [0.15, 0.2) is 0 Å². The molecule has 1 aliphatic rings. The molecule has 0 bridgehead atoms. The molecule has 0 radical (unpaired) electrons. The van der Waals surface area contributed by atoms with Crippen LogP contribution in [-0.4, -0.2) is 78.1 Å². The van der Waals surface area contributed by atoms with Crippen molar-refractivity contribution >= 4 is 0 Å². The van der Waals surface area contributed by atoms with Crippen LogP contribution in [-0.2, 0) is 14.2 Å². The van der Waals surface area contributed by atoms with Crippen LogP contribution in [0.5, 0.6) is 0 Å². The highest BCUT2D eigenvalue weighted by Gasteiger charge is 2.40. The van der Waals surface area contributed by atoms with Gasteiger partial charge in [-0.1, -0.05) is 0 Å². The van der Waals surface area contributed by atoms with Crippen molar-refractivity contribution in [3.63, 3.8) is 0 Å². The molecular formula is C9H18O7. The zero-order valence-corrected chi connectivity index (χ0v) is 9.02. The van der Waals surface area contributed by atoms with Crippen LogP contribution in [0.4, 0.5) is 0 Å². The van der Waals surface area contributed by atoms with Crippen molar-refractivity contribution in [3.8, 4) is 0 Å². The molecule has 1 heterocycles. The Bertz CT molecular complexity index is 200. The lowest BCUT2D eigenvalue weighted by atomic mass is 9.99. The summed E-state index contributed by atoms with van der Waals surface area (Å²) in [4.78, 5) is 0. The van der Waals surface area contributed by atoms with Crippen molar-refractivity contribution in [2.24, 2.45) is 0 Å². The summed E-state index contributed by atoms with van der Waals surface area (Å²) in [6, 6.07) is 0. The Labute approximate surface area is 93.2 Å². The Morgan fingerprint density at radius 3 is 2.62 bits per heavy atom. The maximum absolute atomic E-state index is 9.71. The quantitative estimate of drug-likeness (QED) is 0.417. The molecule has 1 aliphatic heterocycles. The molecule has 1 fully saturated rings. The third-order valence-electron chi connectivity index (χ3n) is 2.51. The molecule has 1 rings (SSSR count). The molecule has 0 aliphatic carbocycles. The highest BCUT2D eigenvalue weighted by atomic mass is 16.7. The standard InChI is InChI=1S/C9H18O7/c1-14-3-5(11)7(12)9-8(13)6(2-10)15-4-16-9/h5-13H,2-4H2,1H3. The van der Waals surface area contributed by atoms with E-state index < -0.39 is 30.5 Å². The average molecular weight is 238 g/mol. The first-order valence-corrected chi connectivity index (χ1v) is 4.99. The molecule has 1 saturated heterocycles. The summed E-state index contributed by atoms with van der Waals surface area (Å²) in [5.74, 6) is 0. The number of aliphatic hydroxyl groups is 4. The number of aliphatic hydroxyl groups excluding tert-OH is 4. The lowest BCUT2D eigenvalue weighted by Crippen LogP contribution is -2.56.